The van der Waals surface area contributed by atoms with Crippen molar-refractivity contribution in [2.24, 2.45) is 5.73 Å². The zero-order valence-electron chi connectivity index (χ0n) is 8.60. The van der Waals surface area contributed by atoms with Crippen molar-refractivity contribution in [1.29, 1.82) is 0 Å². The molecule has 2 N–H and O–H groups in total. The van der Waals surface area contributed by atoms with E-state index < -0.39 is 0 Å². The highest BCUT2D eigenvalue weighted by Crippen LogP contribution is 2.43. The molecule has 0 spiro atoms. The van der Waals surface area contributed by atoms with E-state index in [1.807, 2.05) is 0 Å². The summed E-state index contributed by atoms with van der Waals surface area (Å²) in [4.78, 5) is 0. The van der Waals surface area contributed by atoms with Crippen LogP contribution in [0.4, 0.5) is 4.39 Å². The lowest BCUT2D eigenvalue weighted by Gasteiger charge is -2.29. The molecule has 2 rings (SSSR count). The van der Waals surface area contributed by atoms with E-state index in [0.717, 1.165) is 22.9 Å². The van der Waals surface area contributed by atoms with Crippen LogP contribution in [-0.2, 0) is 5.41 Å². The number of benzene rings is 1. The van der Waals surface area contributed by atoms with Crippen LogP contribution >= 0.6 is 15.9 Å². The van der Waals surface area contributed by atoms with Crippen molar-refractivity contribution in [2.75, 3.05) is 6.54 Å². The number of hydrogen-bond donors (Lipinski definition) is 1. The van der Waals surface area contributed by atoms with E-state index in [9.17, 15) is 4.39 Å². The smallest absolute Gasteiger partial charge is 0.123 e. The first-order valence-electron chi connectivity index (χ1n) is 5.33. The second-order valence-corrected chi connectivity index (χ2v) is 5.17. The minimum atomic E-state index is -0.173. The van der Waals surface area contributed by atoms with E-state index in [-0.39, 0.29) is 11.2 Å². The number of rotatable bonds is 2. The summed E-state index contributed by atoms with van der Waals surface area (Å²) in [6.07, 6.45) is 4.54. The monoisotopic (exact) mass is 271 g/mol. The highest BCUT2D eigenvalue weighted by atomic mass is 79.9. The summed E-state index contributed by atoms with van der Waals surface area (Å²) < 4.78 is 14.2. The molecule has 0 aromatic heterocycles. The molecule has 1 aromatic carbocycles. The van der Waals surface area contributed by atoms with Crippen molar-refractivity contribution in [3.63, 3.8) is 0 Å². The van der Waals surface area contributed by atoms with E-state index in [0.29, 0.717) is 6.54 Å². The molecular formula is C12H15BrFN. The van der Waals surface area contributed by atoms with Crippen LogP contribution in [0.15, 0.2) is 22.7 Å². The molecule has 1 aliphatic rings. The third-order valence-corrected chi connectivity index (χ3v) is 4.14. The molecule has 0 aliphatic heterocycles. The maximum Gasteiger partial charge on any atom is 0.123 e. The van der Waals surface area contributed by atoms with Gasteiger partial charge in [0.15, 0.2) is 0 Å². The predicted octanol–water partition coefficient (Wildman–Crippen LogP) is 3.36. The first kappa shape index (κ1) is 11.1. The van der Waals surface area contributed by atoms with E-state index in [1.165, 1.54) is 18.9 Å². The Balaban J connectivity index is 2.46. The number of nitrogens with two attached hydrogens (primary N) is 1. The highest BCUT2D eigenvalue weighted by molar-refractivity contribution is 9.10. The average Bonchev–Trinajstić information content (AvgIpc) is 2.71. The van der Waals surface area contributed by atoms with Crippen molar-refractivity contribution < 1.29 is 4.39 Å². The number of halogens is 2. The van der Waals surface area contributed by atoms with Crippen molar-refractivity contribution in [1.82, 2.24) is 0 Å². The van der Waals surface area contributed by atoms with Crippen LogP contribution < -0.4 is 5.73 Å². The molecule has 0 bridgehead atoms. The molecule has 82 valence electrons. The van der Waals surface area contributed by atoms with Crippen molar-refractivity contribution in [2.45, 2.75) is 31.1 Å². The third kappa shape index (κ3) is 1.95. The lowest BCUT2D eigenvalue weighted by molar-refractivity contribution is 0.447. The fraction of sp³-hybridized carbons (Fsp3) is 0.500. The normalized spacial score (nSPS) is 19.4. The summed E-state index contributed by atoms with van der Waals surface area (Å²) in [5.41, 5.74) is 6.92. The molecule has 0 heterocycles. The molecule has 1 saturated carbocycles. The molecule has 3 heteroatoms. The van der Waals surface area contributed by atoms with Gasteiger partial charge in [-0.2, -0.15) is 0 Å². The Kier molecular flexibility index (Phi) is 3.12. The maximum atomic E-state index is 13.2. The third-order valence-electron chi connectivity index (χ3n) is 3.45. The van der Waals surface area contributed by atoms with Crippen molar-refractivity contribution >= 4 is 15.9 Å². The second-order valence-electron chi connectivity index (χ2n) is 4.32. The largest absolute Gasteiger partial charge is 0.330 e. The maximum absolute atomic E-state index is 13.2. The van der Waals surface area contributed by atoms with Crippen LogP contribution in [0.5, 0.6) is 0 Å². The van der Waals surface area contributed by atoms with Crippen molar-refractivity contribution in [3.05, 3.63) is 34.1 Å². The molecule has 1 aliphatic carbocycles. The lowest BCUT2D eigenvalue weighted by Crippen LogP contribution is -2.32. The minimum absolute atomic E-state index is 0.000926. The lowest BCUT2D eigenvalue weighted by atomic mass is 9.79. The van der Waals surface area contributed by atoms with Gasteiger partial charge in [0.1, 0.15) is 5.82 Å². The van der Waals surface area contributed by atoms with Crippen LogP contribution in [0.2, 0.25) is 0 Å². The number of hydrogen-bond acceptors (Lipinski definition) is 1. The van der Waals surface area contributed by atoms with Gasteiger partial charge in [0.05, 0.1) is 0 Å². The summed E-state index contributed by atoms with van der Waals surface area (Å²) in [7, 11) is 0. The van der Waals surface area contributed by atoms with Gasteiger partial charge < -0.3 is 5.73 Å². The van der Waals surface area contributed by atoms with E-state index in [1.54, 1.807) is 12.1 Å². The average molecular weight is 272 g/mol. The van der Waals surface area contributed by atoms with Crippen LogP contribution in [-0.4, -0.2) is 6.54 Å². The molecule has 15 heavy (non-hydrogen) atoms. The predicted molar refractivity (Wildman–Crippen MR) is 63.3 cm³/mol. The van der Waals surface area contributed by atoms with Crippen LogP contribution in [0.3, 0.4) is 0 Å². The Morgan fingerprint density at radius 1 is 1.33 bits per heavy atom. The Morgan fingerprint density at radius 3 is 2.60 bits per heavy atom. The highest BCUT2D eigenvalue weighted by Gasteiger charge is 2.35. The van der Waals surface area contributed by atoms with Gasteiger partial charge >= 0.3 is 0 Å². The Labute approximate surface area is 98.0 Å². The zero-order chi connectivity index (χ0) is 10.9. The molecule has 1 fully saturated rings. The fourth-order valence-corrected chi connectivity index (χ4v) is 3.21. The van der Waals surface area contributed by atoms with E-state index >= 15 is 0 Å². The summed E-state index contributed by atoms with van der Waals surface area (Å²) in [5.74, 6) is -0.173. The van der Waals surface area contributed by atoms with Crippen LogP contribution in [0.25, 0.3) is 0 Å². The molecule has 1 aromatic rings. The van der Waals surface area contributed by atoms with Gasteiger partial charge in [-0.25, -0.2) is 4.39 Å². The van der Waals surface area contributed by atoms with Crippen LogP contribution in [0, 0.1) is 5.82 Å². The first-order valence-corrected chi connectivity index (χ1v) is 6.13. The molecule has 0 saturated heterocycles. The van der Waals surface area contributed by atoms with Gasteiger partial charge in [-0.1, -0.05) is 28.8 Å². The fourth-order valence-electron chi connectivity index (χ4n) is 2.54. The summed E-state index contributed by atoms with van der Waals surface area (Å²) >= 11 is 3.49. The van der Waals surface area contributed by atoms with Crippen LogP contribution in [0.1, 0.15) is 31.2 Å². The van der Waals surface area contributed by atoms with Gasteiger partial charge in [0.25, 0.3) is 0 Å². The quantitative estimate of drug-likeness (QED) is 0.877. The zero-order valence-corrected chi connectivity index (χ0v) is 10.2. The topological polar surface area (TPSA) is 26.0 Å². The SMILES string of the molecule is NCC1(c2cc(F)ccc2Br)CCCC1. The molecule has 0 atom stereocenters. The van der Waals surface area contributed by atoms with Gasteiger partial charge in [0.2, 0.25) is 0 Å². The Hall–Kier alpha value is -0.410. The summed E-state index contributed by atoms with van der Waals surface area (Å²) in [6.45, 7) is 0.606. The first-order chi connectivity index (χ1) is 7.18. The second kappa shape index (κ2) is 4.22. The standard InChI is InChI=1S/C12H15BrFN/c13-11-4-3-9(14)7-10(11)12(8-15)5-1-2-6-12/h3-4,7H,1-2,5-6,8,15H2. The summed E-state index contributed by atoms with van der Waals surface area (Å²) in [5, 5.41) is 0. The molecule has 0 amide bonds. The van der Waals surface area contributed by atoms with E-state index in [4.69, 9.17) is 5.73 Å². The van der Waals surface area contributed by atoms with Gasteiger partial charge in [-0.15, -0.1) is 0 Å². The molecular weight excluding hydrogens is 257 g/mol. The Morgan fingerprint density at radius 2 is 2.00 bits per heavy atom. The molecule has 0 radical (unpaired) electrons. The van der Waals surface area contributed by atoms with Gasteiger partial charge in [-0.3, -0.25) is 0 Å². The molecule has 1 nitrogen and oxygen atoms in total. The minimum Gasteiger partial charge on any atom is -0.330 e. The summed E-state index contributed by atoms with van der Waals surface area (Å²) in [6, 6.07) is 4.88. The van der Waals surface area contributed by atoms with E-state index in [2.05, 4.69) is 15.9 Å². The Bertz CT molecular complexity index is 359. The van der Waals surface area contributed by atoms with Crippen molar-refractivity contribution in [3.8, 4) is 0 Å². The molecule has 0 unspecified atom stereocenters. The van der Waals surface area contributed by atoms with Gasteiger partial charge in [0, 0.05) is 16.4 Å². The van der Waals surface area contributed by atoms with Gasteiger partial charge in [-0.05, 0) is 36.6 Å².